The van der Waals surface area contributed by atoms with Crippen LogP contribution < -0.4 is 0 Å². The predicted octanol–water partition coefficient (Wildman–Crippen LogP) is 3.72. The molecule has 3 rings (SSSR count). The number of Topliss-reactive ketones (excluding diaryl/α,β-unsaturated/α-hetero) is 2. The molecule has 49 heavy (non-hydrogen) atoms. The number of ketones is 2. The van der Waals surface area contributed by atoms with Gasteiger partial charge in [-0.2, -0.15) is 0 Å². The number of carbonyl (C=O) groups is 5. The first kappa shape index (κ1) is 40.1. The number of aldehydes is 1. The van der Waals surface area contributed by atoms with Crippen LogP contribution >= 0.6 is 0 Å². The average Bonchev–Trinajstić information content (AvgIpc) is 3.08. The van der Waals surface area contributed by atoms with Crippen molar-refractivity contribution in [1.29, 1.82) is 0 Å². The number of hydrogen-bond donors (Lipinski definition) is 1. The number of cyclic esters (lactones) is 1. The van der Waals surface area contributed by atoms with Gasteiger partial charge < -0.3 is 33.7 Å². The van der Waals surface area contributed by atoms with E-state index in [4.69, 9.17) is 23.7 Å². The molecular formula is C37H53NO11. The summed E-state index contributed by atoms with van der Waals surface area (Å²) in [6.45, 7) is 11.3. The number of aliphatic hydroxyl groups is 1. The molecule has 11 atom stereocenters. The lowest BCUT2D eigenvalue weighted by Crippen LogP contribution is -2.60. The Labute approximate surface area is 289 Å². The van der Waals surface area contributed by atoms with Crippen LogP contribution in [0.25, 0.3) is 0 Å². The molecule has 1 saturated heterocycles. The van der Waals surface area contributed by atoms with Crippen molar-refractivity contribution in [2.75, 3.05) is 21.2 Å². The third-order valence-electron chi connectivity index (χ3n) is 9.86. The monoisotopic (exact) mass is 687 g/mol. The lowest BCUT2D eigenvalue weighted by atomic mass is 9.77. The van der Waals surface area contributed by atoms with E-state index in [-0.39, 0.29) is 36.8 Å². The molecule has 1 aromatic carbocycles. The fraction of sp³-hybridized carbons (Fsp3) is 0.649. The van der Waals surface area contributed by atoms with Crippen molar-refractivity contribution in [2.45, 2.75) is 116 Å². The second kappa shape index (κ2) is 16.6. The largest absolute Gasteiger partial charge is 0.458 e. The lowest BCUT2D eigenvalue weighted by Gasteiger charge is -2.47. The molecule has 0 spiro atoms. The Kier molecular flexibility index (Phi) is 13.6. The summed E-state index contributed by atoms with van der Waals surface area (Å²) in [5.74, 6) is -5.58. The van der Waals surface area contributed by atoms with E-state index < -0.39 is 77.1 Å². The standard InChI is InChI=1S/C37H53NO11/c1-11-28-37(44,20-39)19-22(3)29(40)21(2)18-36(7,45-10)32(24(5)30(41)25(6)33(42)47-28)49-35-31(27(38(8)9)17-23(4)46-35)48-34(43)26-15-13-12-14-16-26/h12-16,19-21,23-25,27-28,31-32,35,44H,11,17-18H2,1-10H3/b22-19+/t21-,23-,24+,25-,27+,28-,31-,32-,35?,36-,37-/m1/s1. The molecule has 2 heterocycles. The first-order valence-corrected chi connectivity index (χ1v) is 16.9. The van der Waals surface area contributed by atoms with Crippen molar-refractivity contribution in [2.24, 2.45) is 17.8 Å². The molecular weight excluding hydrogens is 634 g/mol. The van der Waals surface area contributed by atoms with Gasteiger partial charge in [-0.1, -0.05) is 39.0 Å². The minimum atomic E-state index is -2.29. The van der Waals surface area contributed by atoms with Gasteiger partial charge in [-0.3, -0.25) is 19.2 Å². The highest BCUT2D eigenvalue weighted by Gasteiger charge is 2.51. The molecule has 0 amide bonds. The van der Waals surface area contributed by atoms with E-state index in [0.717, 1.165) is 6.08 Å². The van der Waals surface area contributed by atoms with Crippen molar-refractivity contribution < 1.29 is 52.8 Å². The summed E-state index contributed by atoms with van der Waals surface area (Å²) in [5, 5.41) is 11.2. The fourth-order valence-electron chi connectivity index (χ4n) is 6.90. The van der Waals surface area contributed by atoms with E-state index in [1.165, 1.54) is 21.0 Å². The van der Waals surface area contributed by atoms with Gasteiger partial charge in [0.2, 0.25) is 0 Å². The molecule has 2 aliphatic rings. The number of rotatable bonds is 8. The minimum Gasteiger partial charge on any atom is -0.458 e. The van der Waals surface area contributed by atoms with Crippen molar-refractivity contribution in [3.63, 3.8) is 0 Å². The van der Waals surface area contributed by atoms with E-state index in [9.17, 15) is 29.1 Å². The highest BCUT2D eigenvalue weighted by Crippen LogP contribution is 2.38. The molecule has 2 aliphatic heterocycles. The smallest absolute Gasteiger partial charge is 0.338 e. The highest BCUT2D eigenvalue weighted by molar-refractivity contribution is 6.00. The van der Waals surface area contributed by atoms with Crippen molar-refractivity contribution in [3.05, 3.63) is 47.5 Å². The topological polar surface area (TPSA) is 155 Å². The molecule has 1 unspecified atom stereocenters. The molecule has 12 nitrogen and oxygen atoms in total. The maximum Gasteiger partial charge on any atom is 0.338 e. The zero-order valence-corrected chi connectivity index (χ0v) is 30.3. The Balaban J connectivity index is 2.14. The molecule has 0 aromatic heterocycles. The molecule has 272 valence electrons. The number of allylic oxidation sites excluding steroid dienone is 1. The van der Waals surface area contributed by atoms with Gasteiger partial charge in [0.1, 0.15) is 12.0 Å². The Hall–Kier alpha value is -3.29. The number of carbonyl (C=O) groups excluding carboxylic acids is 5. The first-order valence-electron chi connectivity index (χ1n) is 16.9. The molecule has 0 saturated carbocycles. The highest BCUT2D eigenvalue weighted by atomic mass is 16.7. The summed E-state index contributed by atoms with van der Waals surface area (Å²) in [4.78, 5) is 68.6. The molecule has 0 aliphatic carbocycles. The summed E-state index contributed by atoms with van der Waals surface area (Å²) in [6, 6.07) is 8.21. The van der Waals surface area contributed by atoms with Crippen LogP contribution in [0, 0.1) is 17.8 Å². The maximum absolute atomic E-state index is 14.1. The van der Waals surface area contributed by atoms with E-state index in [1.54, 1.807) is 58.0 Å². The third kappa shape index (κ3) is 9.09. The Morgan fingerprint density at radius 2 is 1.73 bits per heavy atom. The van der Waals surface area contributed by atoms with Crippen molar-refractivity contribution >= 4 is 29.8 Å². The van der Waals surface area contributed by atoms with Crippen LogP contribution in [0.4, 0.5) is 0 Å². The van der Waals surface area contributed by atoms with Crippen LogP contribution in [0.5, 0.6) is 0 Å². The number of hydrogen-bond acceptors (Lipinski definition) is 12. The van der Waals surface area contributed by atoms with Crippen LogP contribution in [0.1, 0.15) is 78.1 Å². The summed E-state index contributed by atoms with van der Waals surface area (Å²) in [7, 11) is 5.16. The SMILES string of the molecule is CC[C@H]1OC(=O)[C@H](C)C(=O)[C@H](C)[C@@H](OC2O[C@H](C)C[C@H](N(C)C)[C@H]2OC(=O)c2ccccc2)[C@](C)(OC)C[C@@H](C)C(=O)/C(C)=C/[C@@]1(O)C=O. The Morgan fingerprint density at radius 1 is 1.10 bits per heavy atom. The average molecular weight is 688 g/mol. The summed E-state index contributed by atoms with van der Waals surface area (Å²) in [6.07, 6.45) is -2.97. The van der Waals surface area contributed by atoms with Crippen LogP contribution in [0.2, 0.25) is 0 Å². The number of nitrogens with zero attached hydrogens (tertiary/aromatic N) is 1. The first-order chi connectivity index (χ1) is 22.9. The number of likely N-dealkylation sites (N-methyl/N-ethyl adjacent to an activating group) is 1. The van der Waals surface area contributed by atoms with Gasteiger partial charge in [0.25, 0.3) is 0 Å². The number of methoxy groups -OCH3 is 1. The molecule has 0 radical (unpaired) electrons. The zero-order chi connectivity index (χ0) is 36.8. The molecule has 12 heteroatoms. The Morgan fingerprint density at radius 3 is 2.29 bits per heavy atom. The third-order valence-corrected chi connectivity index (χ3v) is 9.86. The van der Waals surface area contributed by atoms with Gasteiger partial charge in [0, 0.05) is 18.9 Å². The van der Waals surface area contributed by atoms with Crippen LogP contribution in [0.3, 0.4) is 0 Å². The van der Waals surface area contributed by atoms with Gasteiger partial charge in [-0.05, 0) is 84.8 Å². The number of ether oxygens (including phenoxy) is 5. The van der Waals surface area contributed by atoms with E-state index in [0.29, 0.717) is 12.0 Å². The fourth-order valence-corrected chi connectivity index (χ4v) is 6.90. The molecule has 1 aromatic rings. The number of esters is 2. The van der Waals surface area contributed by atoms with Gasteiger partial charge in [-0.25, -0.2) is 4.79 Å². The predicted molar refractivity (Wildman–Crippen MR) is 179 cm³/mol. The van der Waals surface area contributed by atoms with Gasteiger partial charge >= 0.3 is 11.9 Å². The molecule has 1 N–H and O–H groups in total. The van der Waals surface area contributed by atoms with Crippen LogP contribution in [0.15, 0.2) is 42.0 Å². The number of benzene rings is 1. The summed E-state index contributed by atoms with van der Waals surface area (Å²) >= 11 is 0. The quantitative estimate of drug-likeness (QED) is 0.241. The summed E-state index contributed by atoms with van der Waals surface area (Å²) < 4.78 is 30.7. The van der Waals surface area contributed by atoms with Gasteiger partial charge in [0.15, 0.2) is 35.8 Å². The second-order valence-corrected chi connectivity index (χ2v) is 13.9. The van der Waals surface area contributed by atoms with Gasteiger partial charge in [-0.15, -0.1) is 0 Å². The van der Waals surface area contributed by atoms with E-state index in [2.05, 4.69) is 0 Å². The molecule has 1 fully saturated rings. The summed E-state index contributed by atoms with van der Waals surface area (Å²) in [5.41, 5.74) is -3.19. The van der Waals surface area contributed by atoms with Crippen LogP contribution in [-0.4, -0.2) is 109 Å². The zero-order valence-electron chi connectivity index (χ0n) is 30.3. The minimum absolute atomic E-state index is 0.0335. The molecule has 0 bridgehead atoms. The second-order valence-electron chi connectivity index (χ2n) is 13.9. The van der Waals surface area contributed by atoms with Crippen LogP contribution in [-0.2, 0) is 42.9 Å². The van der Waals surface area contributed by atoms with E-state index in [1.807, 2.05) is 25.9 Å². The maximum atomic E-state index is 14.1. The normalized spacial score (nSPS) is 37.8. The van der Waals surface area contributed by atoms with Crippen molar-refractivity contribution in [3.8, 4) is 0 Å². The van der Waals surface area contributed by atoms with Crippen molar-refractivity contribution in [1.82, 2.24) is 4.90 Å². The van der Waals surface area contributed by atoms with Gasteiger partial charge in [0.05, 0.1) is 29.4 Å². The van der Waals surface area contributed by atoms with E-state index >= 15 is 0 Å². The lowest BCUT2D eigenvalue weighted by molar-refractivity contribution is -0.294. The Bertz CT molecular complexity index is 1380.